The number of allylic oxidation sites excluding steroid dienone is 1. The van der Waals surface area contributed by atoms with Gasteiger partial charge in [-0.25, -0.2) is 4.98 Å². The summed E-state index contributed by atoms with van der Waals surface area (Å²) in [5, 5.41) is 14.2. The fourth-order valence-corrected chi connectivity index (χ4v) is 3.76. The van der Waals surface area contributed by atoms with Crippen LogP contribution in [0.2, 0.25) is 0 Å². The van der Waals surface area contributed by atoms with Gasteiger partial charge in [-0.05, 0) is 19.9 Å². The molecule has 1 aromatic carbocycles. The van der Waals surface area contributed by atoms with Crippen LogP contribution in [-0.2, 0) is 11.3 Å². The second-order valence-electron chi connectivity index (χ2n) is 5.66. The largest absolute Gasteiger partial charge is 0.301 e. The zero-order chi connectivity index (χ0) is 18.5. The van der Waals surface area contributed by atoms with Crippen LogP contribution in [-0.4, -0.2) is 30.9 Å². The Kier molecular flexibility index (Phi) is 5.85. The number of thiazole rings is 1. The number of nitrogens with zero attached hydrogens (tertiary/aromatic N) is 4. The Hall–Kier alpha value is -2.45. The number of anilines is 1. The average molecular weight is 386 g/mol. The molecule has 2 aromatic heterocycles. The Labute approximate surface area is 160 Å². The molecular weight excluding hydrogens is 366 g/mol. The van der Waals surface area contributed by atoms with Crippen molar-refractivity contribution in [1.82, 2.24) is 19.7 Å². The number of carbonyl (C=O) groups is 1. The predicted molar refractivity (Wildman–Crippen MR) is 106 cm³/mol. The summed E-state index contributed by atoms with van der Waals surface area (Å²) in [5.41, 5.74) is 2.15. The summed E-state index contributed by atoms with van der Waals surface area (Å²) in [6.07, 6.45) is 3.46. The summed E-state index contributed by atoms with van der Waals surface area (Å²) in [6.45, 7) is 8.27. The third-order valence-electron chi connectivity index (χ3n) is 3.62. The van der Waals surface area contributed by atoms with Crippen molar-refractivity contribution in [1.29, 1.82) is 0 Å². The Morgan fingerprint density at radius 3 is 3.00 bits per heavy atom. The molecule has 0 saturated carbocycles. The number of amides is 1. The molecule has 8 heteroatoms. The minimum Gasteiger partial charge on any atom is -0.301 e. The lowest BCUT2D eigenvalue weighted by atomic mass is 10.1. The second-order valence-corrected chi connectivity index (χ2v) is 7.86. The molecule has 0 aliphatic heterocycles. The number of hydrogen-bond donors (Lipinski definition) is 1. The highest BCUT2D eigenvalue weighted by molar-refractivity contribution is 8.00. The highest BCUT2D eigenvalue weighted by Gasteiger charge is 2.21. The van der Waals surface area contributed by atoms with Gasteiger partial charge >= 0.3 is 0 Å². The fraction of sp³-hybridized carbons (Fsp3) is 0.222. The molecule has 3 aromatic rings. The quantitative estimate of drug-likeness (QED) is 0.491. The molecule has 26 heavy (non-hydrogen) atoms. The van der Waals surface area contributed by atoms with Crippen molar-refractivity contribution in [3.05, 3.63) is 54.1 Å². The Bertz CT molecular complexity index is 904. The minimum absolute atomic E-state index is 0.116. The van der Waals surface area contributed by atoms with Crippen LogP contribution in [0.15, 0.2) is 53.7 Å². The van der Waals surface area contributed by atoms with E-state index in [9.17, 15) is 4.79 Å². The Balaban J connectivity index is 1.81. The molecule has 2 heterocycles. The van der Waals surface area contributed by atoms with E-state index in [-0.39, 0.29) is 11.2 Å². The lowest BCUT2D eigenvalue weighted by molar-refractivity contribution is -0.115. The maximum atomic E-state index is 12.4. The first-order valence-corrected chi connectivity index (χ1v) is 9.82. The molecule has 3 rings (SSSR count). The van der Waals surface area contributed by atoms with Crippen LogP contribution in [0.1, 0.15) is 12.5 Å². The first-order valence-electron chi connectivity index (χ1n) is 8.06. The summed E-state index contributed by atoms with van der Waals surface area (Å²) >= 11 is 2.76. The number of rotatable bonds is 7. The van der Waals surface area contributed by atoms with Gasteiger partial charge in [0.1, 0.15) is 0 Å². The van der Waals surface area contributed by atoms with Crippen LogP contribution >= 0.6 is 23.1 Å². The smallest absolute Gasteiger partial charge is 0.239 e. The van der Waals surface area contributed by atoms with E-state index >= 15 is 0 Å². The van der Waals surface area contributed by atoms with Gasteiger partial charge in [-0.2, -0.15) is 0 Å². The predicted octanol–water partition coefficient (Wildman–Crippen LogP) is 4.02. The zero-order valence-corrected chi connectivity index (χ0v) is 16.2. The highest BCUT2D eigenvalue weighted by atomic mass is 32.2. The van der Waals surface area contributed by atoms with Gasteiger partial charge in [0.05, 0.1) is 5.25 Å². The van der Waals surface area contributed by atoms with E-state index in [2.05, 4.69) is 33.1 Å². The summed E-state index contributed by atoms with van der Waals surface area (Å²) in [5.74, 6) is 0.652. The summed E-state index contributed by atoms with van der Waals surface area (Å²) < 4.78 is 1.97. The lowest BCUT2D eigenvalue weighted by Crippen LogP contribution is -2.22. The standard InChI is InChI=1S/C18H19N5OS2/c1-4-9-23-15(14-7-5-6-12(2)11-14)21-22-18(23)26-13(3)16(24)20-17-19-8-10-25-17/h4-8,10-11,13H,1,9H2,2-3H3,(H,19,20,24)/t13-/m0/s1. The lowest BCUT2D eigenvalue weighted by Gasteiger charge is -2.12. The van der Waals surface area contributed by atoms with Crippen molar-refractivity contribution in [3.8, 4) is 11.4 Å². The molecule has 0 radical (unpaired) electrons. The normalized spacial score (nSPS) is 11.9. The van der Waals surface area contributed by atoms with Gasteiger partial charge in [-0.3, -0.25) is 9.36 Å². The first-order chi connectivity index (χ1) is 12.6. The van der Waals surface area contributed by atoms with Crippen molar-refractivity contribution >= 4 is 34.1 Å². The fourth-order valence-electron chi connectivity index (χ4n) is 2.37. The second kappa shape index (κ2) is 8.29. The SMILES string of the molecule is C=CCn1c(S[C@@H](C)C(=O)Nc2nccs2)nnc1-c1cccc(C)c1. The van der Waals surface area contributed by atoms with Crippen molar-refractivity contribution in [3.63, 3.8) is 0 Å². The number of thioether (sulfide) groups is 1. The van der Waals surface area contributed by atoms with Crippen molar-refractivity contribution in [2.75, 3.05) is 5.32 Å². The number of benzene rings is 1. The third kappa shape index (κ3) is 4.20. The number of hydrogen-bond acceptors (Lipinski definition) is 6. The molecular formula is C18H19N5OS2. The van der Waals surface area contributed by atoms with Gasteiger partial charge in [0.2, 0.25) is 5.91 Å². The molecule has 6 nitrogen and oxygen atoms in total. The van der Waals surface area contributed by atoms with Crippen molar-refractivity contribution in [2.45, 2.75) is 30.8 Å². The molecule has 0 bridgehead atoms. The van der Waals surface area contributed by atoms with Crippen LogP contribution < -0.4 is 5.32 Å². The molecule has 0 aliphatic rings. The van der Waals surface area contributed by atoms with Crippen LogP contribution in [0, 0.1) is 6.92 Å². The first kappa shape index (κ1) is 18.3. The van der Waals surface area contributed by atoms with E-state index in [1.807, 2.05) is 42.0 Å². The topological polar surface area (TPSA) is 72.7 Å². The van der Waals surface area contributed by atoms with E-state index in [0.29, 0.717) is 16.8 Å². The van der Waals surface area contributed by atoms with E-state index in [0.717, 1.165) is 17.0 Å². The zero-order valence-electron chi connectivity index (χ0n) is 14.5. The maximum absolute atomic E-state index is 12.4. The van der Waals surface area contributed by atoms with Crippen LogP contribution in [0.25, 0.3) is 11.4 Å². The minimum atomic E-state index is -0.336. The molecule has 1 atom stereocenters. The number of carbonyl (C=O) groups excluding carboxylic acids is 1. The van der Waals surface area contributed by atoms with E-state index in [4.69, 9.17) is 0 Å². The summed E-state index contributed by atoms with van der Waals surface area (Å²) in [6, 6.07) is 8.10. The number of nitrogens with one attached hydrogen (secondary N) is 1. The van der Waals surface area contributed by atoms with E-state index < -0.39 is 0 Å². The average Bonchev–Trinajstić information content (AvgIpc) is 3.26. The molecule has 0 aliphatic carbocycles. The number of aromatic nitrogens is 4. The summed E-state index contributed by atoms with van der Waals surface area (Å²) in [7, 11) is 0. The van der Waals surface area contributed by atoms with Crippen LogP contribution in [0.5, 0.6) is 0 Å². The Morgan fingerprint density at radius 2 is 2.31 bits per heavy atom. The van der Waals surface area contributed by atoms with Gasteiger partial charge in [0, 0.05) is 23.7 Å². The molecule has 1 N–H and O–H groups in total. The maximum Gasteiger partial charge on any atom is 0.239 e. The van der Waals surface area contributed by atoms with E-state index in [1.165, 1.54) is 23.1 Å². The molecule has 0 fully saturated rings. The van der Waals surface area contributed by atoms with Gasteiger partial charge in [0.15, 0.2) is 16.1 Å². The van der Waals surface area contributed by atoms with Gasteiger partial charge < -0.3 is 5.32 Å². The van der Waals surface area contributed by atoms with Gasteiger partial charge in [-0.1, -0.05) is 41.6 Å². The molecule has 0 unspecified atom stereocenters. The van der Waals surface area contributed by atoms with Crippen molar-refractivity contribution < 1.29 is 4.79 Å². The van der Waals surface area contributed by atoms with Crippen LogP contribution in [0.4, 0.5) is 5.13 Å². The van der Waals surface area contributed by atoms with Gasteiger partial charge in [-0.15, -0.1) is 28.1 Å². The van der Waals surface area contributed by atoms with Crippen molar-refractivity contribution in [2.24, 2.45) is 0 Å². The van der Waals surface area contributed by atoms with Crippen LogP contribution in [0.3, 0.4) is 0 Å². The molecule has 134 valence electrons. The molecule has 1 amide bonds. The van der Waals surface area contributed by atoms with Gasteiger partial charge in [0.25, 0.3) is 0 Å². The molecule has 0 saturated heterocycles. The van der Waals surface area contributed by atoms with E-state index in [1.54, 1.807) is 12.3 Å². The highest BCUT2D eigenvalue weighted by Crippen LogP contribution is 2.28. The molecule has 0 spiro atoms. The summed E-state index contributed by atoms with van der Waals surface area (Å²) in [4.78, 5) is 16.4. The third-order valence-corrected chi connectivity index (χ3v) is 5.39. The monoisotopic (exact) mass is 385 g/mol. The Morgan fingerprint density at radius 1 is 1.46 bits per heavy atom. The number of aryl methyl sites for hydroxylation is 1.